The fraction of sp³-hybridized carbons (Fsp3) is 0.500. The van der Waals surface area contributed by atoms with E-state index in [1.54, 1.807) is 6.92 Å². The number of aliphatic hydroxyl groups is 1. The molecule has 0 aliphatic heterocycles. The Labute approximate surface area is 113 Å². The third-order valence-electron chi connectivity index (χ3n) is 2.49. The first-order chi connectivity index (χ1) is 8.76. The molecule has 0 saturated heterocycles. The standard InChI is InChI=1S/C12H19FN2O3S/c1-9(7-15(2)3)14-19(17,18)11-4-5-12(13)10(6-11)8-16/h4-6,9,14,16H,7-8H2,1-3H3. The van der Waals surface area contributed by atoms with Gasteiger partial charge in [-0.3, -0.25) is 0 Å². The Bertz CT molecular complexity index is 532. The van der Waals surface area contributed by atoms with Crippen LogP contribution in [0, 0.1) is 5.82 Å². The molecule has 108 valence electrons. The number of aliphatic hydroxyl groups excluding tert-OH is 1. The highest BCUT2D eigenvalue weighted by Crippen LogP contribution is 2.15. The Hall–Kier alpha value is -1.02. The summed E-state index contributed by atoms with van der Waals surface area (Å²) in [5, 5.41) is 8.95. The number of benzene rings is 1. The molecular formula is C12H19FN2O3S. The van der Waals surface area contributed by atoms with Crippen LogP contribution in [0.1, 0.15) is 12.5 Å². The molecule has 1 atom stereocenters. The van der Waals surface area contributed by atoms with Gasteiger partial charge in [0.25, 0.3) is 0 Å². The number of hydrogen-bond acceptors (Lipinski definition) is 4. The average Bonchev–Trinajstić information content (AvgIpc) is 2.27. The highest BCUT2D eigenvalue weighted by molar-refractivity contribution is 7.89. The van der Waals surface area contributed by atoms with E-state index in [1.807, 2.05) is 19.0 Å². The normalized spacial score (nSPS) is 13.8. The Morgan fingerprint density at radius 1 is 1.42 bits per heavy atom. The van der Waals surface area contributed by atoms with E-state index in [9.17, 15) is 12.8 Å². The van der Waals surface area contributed by atoms with Crippen LogP contribution in [0.25, 0.3) is 0 Å². The number of hydrogen-bond donors (Lipinski definition) is 2. The van der Waals surface area contributed by atoms with Gasteiger partial charge in [-0.2, -0.15) is 0 Å². The zero-order valence-corrected chi connectivity index (χ0v) is 12.0. The smallest absolute Gasteiger partial charge is 0.240 e. The highest BCUT2D eigenvalue weighted by Gasteiger charge is 2.19. The quantitative estimate of drug-likeness (QED) is 0.802. The van der Waals surface area contributed by atoms with Crippen molar-refractivity contribution >= 4 is 10.0 Å². The monoisotopic (exact) mass is 290 g/mol. The Morgan fingerprint density at radius 3 is 2.58 bits per heavy atom. The lowest BCUT2D eigenvalue weighted by molar-refractivity contribution is 0.275. The predicted octanol–water partition coefficient (Wildman–Crippen LogP) is 0.546. The van der Waals surface area contributed by atoms with Gasteiger partial charge in [0.15, 0.2) is 0 Å². The molecule has 0 bridgehead atoms. The van der Waals surface area contributed by atoms with Crippen molar-refractivity contribution in [2.75, 3.05) is 20.6 Å². The molecule has 0 aromatic heterocycles. The molecule has 0 aliphatic rings. The van der Waals surface area contributed by atoms with Crippen LogP contribution in [0.2, 0.25) is 0 Å². The molecule has 1 aromatic rings. The summed E-state index contributed by atoms with van der Waals surface area (Å²) >= 11 is 0. The molecule has 1 unspecified atom stereocenters. The maximum atomic E-state index is 13.2. The number of halogens is 1. The molecule has 0 aliphatic carbocycles. The van der Waals surface area contributed by atoms with Crippen molar-refractivity contribution in [1.29, 1.82) is 0 Å². The van der Waals surface area contributed by atoms with E-state index in [4.69, 9.17) is 5.11 Å². The van der Waals surface area contributed by atoms with Gasteiger partial charge in [0.05, 0.1) is 11.5 Å². The minimum Gasteiger partial charge on any atom is -0.392 e. The minimum atomic E-state index is -3.71. The van der Waals surface area contributed by atoms with Crippen molar-refractivity contribution in [3.05, 3.63) is 29.6 Å². The van der Waals surface area contributed by atoms with Crippen LogP contribution in [0.15, 0.2) is 23.1 Å². The summed E-state index contributed by atoms with van der Waals surface area (Å²) in [6, 6.07) is 3.08. The van der Waals surface area contributed by atoms with Crippen molar-refractivity contribution < 1.29 is 17.9 Å². The van der Waals surface area contributed by atoms with E-state index < -0.39 is 22.4 Å². The Morgan fingerprint density at radius 2 is 2.05 bits per heavy atom. The third kappa shape index (κ3) is 4.54. The minimum absolute atomic E-state index is 0.0388. The first-order valence-corrected chi connectivity index (χ1v) is 7.31. The van der Waals surface area contributed by atoms with Gasteiger partial charge in [-0.15, -0.1) is 0 Å². The van der Waals surface area contributed by atoms with Gasteiger partial charge in [0, 0.05) is 18.2 Å². The van der Waals surface area contributed by atoms with Crippen molar-refractivity contribution in [2.45, 2.75) is 24.5 Å². The first kappa shape index (κ1) is 16.0. The summed E-state index contributed by atoms with van der Waals surface area (Å²) in [6.45, 7) is 1.75. The molecule has 2 N–H and O–H groups in total. The van der Waals surface area contributed by atoms with E-state index in [2.05, 4.69) is 4.72 Å². The van der Waals surface area contributed by atoms with E-state index in [-0.39, 0.29) is 16.5 Å². The van der Waals surface area contributed by atoms with Crippen LogP contribution in [0.3, 0.4) is 0 Å². The van der Waals surface area contributed by atoms with Crippen LogP contribution >= 0.6 is 0 Å². The van der Waals surface area contributed by atoms with Crippen LogP contribution in [-0.2, 0) is 16.6 Å². The number of likely N-dealkylation sites (N-methyl/N-ethyl adjacent to an activating group) is 1. The lowest BCUT2D eigenvalue weighted by Gasteiger charge is -2.18. The summed E-state index contributed by atoms with van der Waals surface area (Å²) in [5.74, 6) is -0.622. The SMILES string of the molecule is CC(CN(C)C)NS(=O)(=O)c1ccc(F)c(CO)c1. The lowest BCUT2D eigenvalue weighted by atomic mass is 10.2. The fourth-order valence-electron chi connectivity index (χ4n) is 1.76. The van der Waals surface area contributed by atoms with E-state index in [0.29, 0.717) is 6.54 Å². The molecule has 1 rings (SSSR count). The van der Waals surface area contributed by atoms with Crippen LogP contribution < -0.4 is 4.72 Å². The maximum Gasteiger partial charge on any atom is 0.240 e. The number of nitrogens with one attached hydrogen (secondary N) is 1. The lowest BCUT2D eigenvalue weighted by Crippen LogP contribution is -2.39. The van der Waals surface area contributed by atoms with Gasteiger partial charge < -0.3 is 10.0 Å². The topological polar surface area (TPSA) is 69.6 Å². The van der Waals surface area contributed by atoms with E-state index in [1.165, 1.54) is 6.07 Å². The van der Waals surface area contributed by atoms with Crippen LogP contribution in [0.5, 0.6) is 0 Å². The van der Waals surface area contributed by atoms with Gasteiger partial charge in [0.2, 0.25) is 10.0 Å². The van der Waals surface area contributed by atoms with E-state index >= 15 is 0 Å². The Balaban J connectivity index is 2.94. The second-order valence-corrected chi connectivity index (χ2v) is 6.41. The van der Waals surface area contributed by atoms with Crippen molar-refractivity contribution in [3.8, 4) is 0 Å². The summed E-state index contributed by atoms with van der Waals surface area (Å²) in [7, 11) is -0.0293. The second-order valence-electron chi connectivity index (χ2n) is 4.70. The summed E-state index contributed by atoms with van der Waals surface area (Å²) in [4.78, 5) is 1.81. The largest absolute Gasteiger partial charge is 0.392 e. The summed E-state index contributed by atoms with van der Waals surface area (Å²) in [5.41, 5.74) is -0.0388. The average molecular weight is 290 g/mol. The van der Waals surface area contributed by atoms with Gasteiger partial charge in [-0.05, 0) is 39.2 Å². The fourth-order valence-corrected chi connectivity index (χ4v) is 3.04. The number of rotatable bonds is 6. The zero-order valence-electron chi connectivity index (χ0n) is 11.2. The number of nitrogens with zero attached hydrogens (tertiary/aromatic N) is 1. The van der Waals surface area contributed by atoms with Gasteiger partial charge in [-0.1, -0.05) is 0 Å². The molecule has 19 heavy (non-hydrogen) atoms. The zero-order chi connectivity index (χ0) is 14.6. The highest BCUT2D eigenvalue weighted by atomic mass is 32.2. The van der Waals surface area contributed by atoms with Crippen molar-refractivity contribution in [2.24, 2.45) is 0 Å². The van der Waals surface area contributed by atoms with Crippen LogP contribution in [-0.4, -0.2) is 45.1 Å². The number of sulfonamides is 1. The molecule has 0 heterocycles. The van der Waals surface area contributed by atoms with E-state index in [0.717, 1.165) is 12.1 Å². The molecule has 0 amide bonds. The maximum absolute atomic E-state index is 13.2. The Kier molecular flexibility index (Phi) is 5.42. The summed E-state index contributed by atoms with van der Waals surface area (Å²) < 4.78 is 39.9. The molecule has 5 nitrogen and oxygen atoms in total. The first-order valence-electron chi connectivity index (χ1n) is 5.82. The molecule has 0 spiro atoms. The van der Waals surface area contributed by atoms with Crippen LogP contribution in [0.4, 0.5) is 4.39 Å². The second kappa shape index (κ2) is 6.42. The predicted molar refractivity (Wildman–Crippen MR) is 70.7 cm³/mol. The summed E-state index contributed by atoms with van der Waals surface area (Å²) in [6.07, 6.45) is 0. The van der Waals surface area contributed by atoms with Crippen molar-refractivity contribution in [3.63, 3.8) is 0 Å². The molecule has 0 saturated carbocycles. The van der Waals surface area contributed by atoms with Gasteiger partial charge in [-0.25, -0.2) is 17.5 Å². The van der Waals surface area contributed by atoms with Crippen molar-refractivity contribution in [1.82, 2.24) is 9.62 Å². The molecular weight excluding hydrogens is 271 g/mol. The molecule has 1 aromatic carbocycles. The third-order valence-corrected chi connectivity index (χ3v) is 4.08. The molecule has 0 radical (unpaired) electrons. The van der Waals surface area contributed by atoms with Gasteiger partial charge in [0.1, 0.15) is 5.82 Å². The molecule has 7 heteroatoms. The molecule has 0 fully saturated rings. The van der Waals surface area contributed by atoms with Gasteiger partial charge >= 0.3 is 0 Å².